The Morgan fingerprint density at radius 3 is 2.68 bits per heavy atom. The fourth-order valence-electron chi connectivity index (χ4n) is 3.14. The molecular weight excluding hydrogens is 358 g/mol. The maximum Gasteiger partial charge on any atom is 0.246 e. The first-order valence-electron chi connectivity index (χ1n) is 9.03. The third-order valence-electron chi connectivity index (χ3n) is 4.58. The van der Waals surface area contributed by atoms with Crippen molar-refractivity contribution in [1.82, 2.24) is 10.2 Å². The van der Waals surface area contributed by atoms with Gasteiger partial charge >= 0.3 is 0 Å². The lowest BCUT2D eigenvalue weighted by Crippen LogP contribution is -2.58. The summed E-state index contributed by atoms with van der Waals surface area (Å²) in [4.78, 5) is 38.6. The van der Waals surface area contributed by atoms with Crippen LogP contribution in [0.2, 0.25) is 0 Å². The molecule has 0 aliphatic carbocycles. The van der Waals surface area contributed by atoms with E-state index in [1.165, 1.54) is 4.90 Å². The molecule has 1 saturated heterocycles. The summed E-state index contributed by atoms with van der Waals surface area (Å²) in [7, 11) is 1.56. The van der Waals surface area contributed by atoms with Crippen LogP contribution in [-0.2, 0) is 20.9 Å². The summed E-state index contributed by atoms with van der Waals surface area (Å²) in [5.41, 5.74) is 2.45. The number of piperazine rings is 1. The Hall–Kier alpha value is -3.35. The molecule has 0 spiro atoms. The van der Waals surface area contributed by atoms with E-state index in [0.717, 1.165) is 11.1 Å². The first-order chi connectivity index (χ1) is 13.5. The number of benzene rings is 2. The maximum atomic E-state index is 12.7. The minimum Gasteiger partial charge on any atom is -0.496 e. The number of anilines is 1. The first-order valence-corrected chi connectivity index (χ1v) is 9.03. The van der Waals surface area contributed by atoms with Crippen molar-refractivity contribution < 1.29 is 19.1 Å². The Kier molecular flexibility index (Phi) is 5.93. The van der Waals surface area contributed by atoms with E-state index in [9.17, 15) is 14.4 Å². The highest BCUT2D eigenvalue weighted by atomic mass is 16.5. The highest BCUT2D eigenvalue weighted by molar-refractivity contribution is 6.00. The average Bonchev–Trinajstić information content (AvgIpc) is 2.67. The van der Waals surface area contributed by atoms with E-state index in [2.05, 4.69) is 10.6 Å². The van der Waals surface area contributed by atoms with Crippen molar-refractivity contribution in [3.05, 3.63) is 59.7 Å². The van der Waals surface area contributed by atoms with Gasteiger partial charge in [0.05, 0.1) is 20.1 Å². The molecule has 1 unspecified atom stereocenters. The zero-order chi connectivity index (χ0) is 20.1. The van der Waals surface area contributed by atoms with Gasteiger partial charge in [0.25, 0.3) is 0 Å². The summed E-state index contributed by atoms with van der Waals surface area (Å²) < 4.78 is 5.25. The number of carbonyl (C=O) groups excluding carboxylic acids is 3. The Morgan fingerprint density at radius 1 is 1.21 bits per heavy atom. The highest BCUT2D eigenvalue weighted by Gasteiger charge is 2.34. The van der Waals surface area contributed by atoms with Gasteiger partial charge in [-0.1, -0.05) is 36.4 Å². The lowest BCUT2D eigenvalue weighted by molar-refractivity contribution is -0.145. The number of rotatable bonds is 6. The van der Waals surface area contributed by atoms with E-state index in [4.69, 9.17) is 4.74 Å². The van der Waals surface area contributed by atoms with Crippen LogP contribution in [-0.4, -0.2) is 42.3 Å². The van der Waals surface area contributed by atoms with Gasteiger partial charge in [0.2, 0.25) is 17.7 Å². The Morgan fingerprint density at radius 2 is 1.96 bits per heavy atom. The van der Waals surface area contributed by atoms with Crippen LogP contribution in [0.1, 0.15) is 17.5 Å². The number of methoxy groups -OCH3 is 1. The molecule has 3 amide bonds. The van der Waals surface area contributed by atoms with Crippen LogP contribution in [0.5, 0.6) is 5.75 Å². The van der Waals surface area contributed by atoms with Gasteiger partial charge in [-0.2, -0.15) is 0 Å². The van der Waals surface area contributed by atoms with Crippen LogP contribution in [0, 0.1) is 6.92 Å². The predicted molar refractivity (Wildman–Crippen MR) is 105 cm³/mol. The molecule has 0 aromatic heterocycles. The molecule has 3 rings (SSSR count). The maximum absolute atomic E-state index is 12.7. The lowest BCUT2D eigenvalue weighted by Gasteiger charge is -2.32. The number of aryl methyl sites for hydroxylation is 1. The van der Waals surface area contributed by atoms with Crippen LogP contribution in [0.3, 0.4) is 0 Å². The van der Waals surface area contributed by atoms with Crippen LogP contribution in [0.15, 0.2) is 48.5 Å². The van der Waals surface area contributed by atoms with Crippen LogP contribution >= 0.6 is 0 Å². The molecule has 0 saturated carbocycles. The number of ether oxygens (including phenoxy) is 1. The molecule has 0 radical (unpaired) electrons. The summed E-state index contributed by atoms with van der Waals surface area (Å²) in [5, 5.41) is 5.36. The van der Waals surface area contributed by atoms with Crippen molar-refractivity contribution in [3.63, 3.8) is 0 Å². The Bertz CT molecular complexity index is 882. The molecule has 1 heterocycles. The molecule has 146 valence electrons. The smallest absolute Gasteiger partial charge is 0.246 e. The zero-order valence-electron chi connectivity index (χ0n) is 15.9. The van der Waals surface area contributed by atoms with Gasteiger partial charge in [-0.05, 0) is 24.1 Å². The largest absolute Gasteiger partial charge is 0.496 e. The van der Waals surface area contributed by atoms with Crippen molar-refractivity contribution in [3.8, 4) is 5.75 Å². The summed E-state index contributed by atoms with van der Waals surface area (Å²) in [5.74, 6) is -0.231. The quantitative estimate of drug-likeness (QED) is 0.800. The van der Waals surface area contributed by atoms with Crippen LogP contribution in [0.4, 0.5) is 5.69 Å². The first kappa shape index (κ1) is 19.4. The topological polar surface area (TPSA) is 87.7 Å². The number of hydrogen-bond donors (Lipinski definition) is 2. The second-order valence-electron chi connectivity index (χ2n) is 6.74. The van der Waals surface area contributed by atoms with E-state index < -0.39 is 6.04 Å². The molecule has 1 aliphatic heterocycles. The van der Waals surface area contributed by atoms with Gasteiger partial charge < -0.3 is 20.3 Å². The average molecular weight is 381 g/mol. The summed E-state index contributed by atoms with van der Waals surface area (Å²) >= 11 is 0. The molecule has 7 nitrogen and oxygen atoms in total. The molecule has 1 fully saturated rings. The predicted octanol–water partition coefficient (Wildman–Crippen LogP) is 1.86. The van der Waals surface area contributed by atoms with Gasteiger partial charge in [0, 0.05) is 18.3 Å². The number of nitrogens with one attached hydrogen (secondary N) is 2. The highest BCUT2D eigenvalue weighted by Crippen LogP contribution is 2.22. The lowest BCUT2D eigenvalue weighted by atomic mass is 10.1. The summed E-state index contributed by atoms with van der Waals surface area (Å²) in [6, 6.07) is 13.9. The molecular formula is C21H23N3O4. The zero-order valence-corrected chi connectivity index (χ0v) is 15.9. The summed E-state index contributed by atoms with van der Waals surface area (Å²) in [6.07, 6.45) is -0.133. The van der Waals surface area contributed by atoms with Crippen molar-refractivity contribution >= 4 is 23.4 Å². The molecule has 1 aliphatic rings. The van der Waals surface area contributed by atoms with Crippen molar-refractivity contribution in [2.75, 3.05) is 19.0 Å². The monoisotopic (exact) mass is 381 g/mol. The van der Waals surface area contributed by atoms with Crippen molar-refractivity contribution in [2.45, 2.75) is 25.9 Å². The van der Waals surface area contributed by atoms with E-state index in [1.807, 2.05) is 43.3 Å². The van der Waals surface area contributed by atoms with Crippen molar-refractivity contribution in [1.29, 1.82) is 0 Å². The van der Waals surface area contributed by atoms with Gasteiger partial charge in [0.1, 0.15) is 11.8 Å². The molecule has 7 heteroatoms. The second kappa shape index (κ2) is 8.56. The van der Waals surface area contributed by atoms with Gasteiger partial charge in [-0.3, -0.25) is 14.4 Å². The third-order valence-corrected chi connectivity index (χ3v) is 4.58. The normalized spacial score (nSPS) is 16.5. The number of carbonyl (C=O) groups is 3. The summed E-state index contributed by atoms with van der Waals surface area (Å²) in [6.45, 7) is 2.23. The Labute approximate surface area is 163 Å². The molecule has 28 heavy (non-hydrogen) atoms. The standard InChI is InChI=1S/C21H23N3O4/c1-14-8-9-16(10-18(14)28-2)22-19(25)11-17-21(27)24(13-20(26)23-17)12-15-6-4-3-5-7-15/h3-10,17H,11-13H2,1-2H3,(H,22,25)(H,23,26). The number of amides is 3. The third kappa shape index (κ3) is 4.68. The van der Waals surface area contributed by atoms with Crippen LogP contribution in [0.25, 0.3) is 0 Å². The van der Waals surface area contributed by atoms with Crippen molar-refractivity contribution in [2.24, 2.45) is 0 Å². The minimum atomic E-state index is -0.877. The molecule has 1 atom stereocenters. The van der Waals surface area contributed by atoms with Gasteiger partial charge in [-0.15, -0.1) is 0 Å². The van der Waals surface area contributed by atoms with Gasteiger partial charge in [-0.25, -0.2) is 0 Å². The Balaban J connectivity index is 1.64. The number of hydrogen-bond acceptors (Lipinski definition) is 4. The molecule has 0 bridgehead atoms. The SMILES string of the molecule is COc1cc(NC(=O)CC2NC(=O)CN(Cc3ccccc3)C2=O)ccc1C. The molecule has 2 aromatic carbocycles. The van der Waals surface area contributed by atoms with E-state index in [-0.39, 0.29) is 30.7 Å². The van der Waals surface area contributed by atoms with E-state index in [0.29, 0.717) is 18.0 Å². The minimum absolute atomic E-state index is 0.0129. The second-order valence-corrected chi connectivity index (χ2v) is 6.74. The van der Waals surface area contributed by atoms with Gasteiger partial charge in [0.15, 0.2) is 0 Å². The van der Waals surface area contributed by atoms with E-state index >= 15 is 0 Å². The van der Waals surface area contributed by atoms with E-state index in [1.54, 1.807) is 19.2 Å². The number of nitrogens with zero attached hydrogens (tertiary/aromatic N) is 1. The van der Waals surface area contributed by atoms with Crippen LogP contribution < -0.4 is 15.4 Å². The fraction of sp³-hybridized carbons (Fsp3) is 0.286. The fourth-order valence-corrected chi connectivity index (χ4v) is 3.14. The molecule has 2 aromatic rings. The molecule has 2 N–H and O–H groups in total.